The van der Waals surface area contributed by atoms with Gasteiger partial charge in [0.05, 0.1) is 12.8 Å². The SMILES string of the molecule is COc1ccccc1Nc1cc2cc(OC3CCNCC3)ccc2cn1.Cl. The fourth-order valence-electron chi connectivity index (χ4n) is 3.25. The lowest BCUT2D eigenvalue weighted by atomic mass is 10.1. The molecule has 0 amide bonds. The number of ether oxygens (including phenoxy) is 2. The normalized spacial score (nSPS) is 14.4. The number of nitrogens with zero attached hydrogens (tertiary/aromatic N) is 1. The lowest BCUT2D eigenvalue weighted by molar-refractivity contribution is 0.162. The Bertz CT molecular complexity index is 897. The molecule has 0 atom stereocenters. The quantitative estimate of drug-likeness (QED) is 0.675. The Morgan fingerprint density at radius 2 is 1.85 bits per heavy atom. The van der Waals surface area contributed by atoms with Crippen molar-refractivity contribution in [3.63, 3.8) is 0 Å². The van der Waals surface area contributed by atoms with Crippen LogP contribution in [0.2, 0.25) is 0 Å². The van der Waals surface area contributed by atoms with Gasteiger partial charge in [-0.05, 0) is 67.7 Å². The van der Waals surface area contributed by atoms with Gasteiger partial charge in [-0.25, -0.2) is 4.98 Å². The molecule has 0 aliphatic carbocycles. The molecule has 1 aromatic heterocycles. The monoisotopic (exact) mass is 385 g/mol. The number of rotatable bonds is 5. The van der Waals surface area contributed by atoms with E-state index in [9.17, 15) is 0 Å². The van der Waals surface area contributed by atoms with Crippen LogP contribution < -0.4 is 20.1 Å². The summed E-state index contributed by atoms with van der Waals surface area (Å²) in [5.74, 6) is 2.48. The van der Waals surface area contributed by atoms with Gasteiger partial charge in [-0.2, -0.15) is 0 Å². The number of methoxy groups -OCH3 is 1. The van der Waals surface area contributed by atoms with E-state index in [1.54, 1.807) is 7.11 Å². The summed E-state index contributed by atoms with van der Waals surface area (Å²) >= 11 is 0. The Labute approximate surface area is 165 Å². The molecule has 2 N–H and O–H groups in total. The van der Waals surface area contributed by atoms with Crippen molar-refractivity contribution in [3.8, 4) is 11.5 Å². The number of anilines is 2. The zero-order valence-corrected chi connectivity index (χ0v) is 16.1. The van der Waals surface area contributed by atoms with Crippen molar-refractivity contribution in [2.45, 2.75) is 18.9 Å². The molecule has 0 unspecified atom stereocenters. The number of pyridine rings is 1. The van der Waals surface area contributed by atoms with Crippen LogP contribution in [0.25, 0.3) is 10.8 Å². The zero-order valence-electron chi connectivity index (χ0n) is 15.3. The van der Waals surface area contributed by atoms with Crippen LogP contribution in [0.5, 0.6) is 11.5 Å². The largest absolute Gasteiger partial charge is 0.495 e. The van der Waals surface area contributed by atoms with E-state index in [-0.39, 0.29) is 12.4 Å². The number of nitrogens with one attached hydrogen (secondary N) is 2. The molecule has 2 heterocycles. The van der Waals surface area contributed by atoms with E-state index < -0.39 is 0 Å². The van der Waals surface area contributed by atoms with Crippen LogP contribution in [0.4, 0.5) is 11.5 Å². The summed E-state index contributed by atoms with van der Waals surface area (Å²) < 4.78 is 11.6. The molecule has 1 aliphatic rings. The van der Waals surface area contributed by atoms with Crippen molar-refractivity contribution in [1.29, 1.82) is 0 Å². The van der Waals surface area contributed by atoms with Crippen molar-refractivity contribution in [3.05, 3.63) is 54.7 Å². The summed E-state index contributed by atoms with van der Waals surface area (Å²) in [6, 6.07) is 16.0. The molecular weight excluding hydrogens is 362 g/mol. The van der Waals surface area contributed by atoms with E-state index in [2.05, 4.69) is 27.8 Å². The van der Waals surface area contributed by atoms with Crippen molar-refractivity contribution in [1.82, 2.24) is 10.3 Å². The number of hydrogen-bond donors (Lipinski definition) is 2. The van der Waals surface area contributed by atoms with Crippen LogP contribution in [0.15, 0.2) is 54.7 Å². The number of benzene rings is 2. The molecule has 4 rings (SSSR count). The molecule has 1 fully saturated rings. The molecule has 1 aliphatic heterocycles. The van der Waals surface area contributed by atoms with Gasteiger partial charge in [0.2, 0.25) is 0 Å². The molecule has 0 bridgehead atoms. The van der Waals surface area contributed by atoms with Gasteiger partial charge in [-0.3, -0.25) is 0 Å². The minimum Gasteiger partial charge on any atom is -0.495 e. The Morgan fingerprint density at radius 1 is 1.04 bits per heavy atom. The number of para-hydroxylation sites is 2. The van der Waals surface area contributed by atoms with Crippen LogP contribution in [0.1, 0.15) is 12.8 Å². The van der Waals surface area contributed by atoms with E-state index in [0.29, 0.717) is 6.10 Å². The maximum atomic E-state index is 6.16. The third-order valence-corrected chi connectivity index (χ3v) is 4.65. The summed E-state index contributed by atoms with van der Waals surface area (Å²) in [6.07, 6.45) is 4.27. The summed E-state index contributed by atoms with van der Waals surface area (Å²) in [5.41, 5.74) is 0.893. The first-order valence-electron chi connectivity index (χ1n) is 8.99. The smallest absolute Gasteiger partial charge is 0.142 e. The molecule has 142 valence electrons. The van der Waals surface area contributed by atoms with Crippen molar-refractivity contribution in [2.75, 3.05) is 25.5 Å². The van der Waals surface area contributed by atoms with Gasteiger partial charge in [0.25, 0.3) is 0 Å². The first-order valence-corrected chi connectivity index (χ1v) is 8.99. The zero-order chi connectivity index (χ0) is 17.8. The van der Waals surface area contributed by atoms with E-state index >= 15 is 0 Å². The number of piperidine rings is 1. The highest BCUT2D eigenvalue weighted by Crippen LogP contribution is 2.29. The molecule has 1 saturated heterocycles. The lowest BCUT2D eigenvalue weighted by Crippen LogP contribution is -2.34. The highest BCUT2D eigenvalue weighted by Gasteiger charge is 2.14. The molecule has 27 heavy (non-hydrogen) atoms. The highest BCUT2D eigenvalue weighted by molar-refractivity contribution is 5.86. The first kappa shape index (κ1) is 19.3. The Morgan fingerprint density at radius 3 is 2.67 bits per heavy atom. The van der Waals surface area contributed by atoms with Crippen molar-refractivity contribution < 1.29 is 9.47 Å². The van der Waals surface area contributed by atoms with Gasteiger partial charge in [-0.15, -0.1) is 12.4 Å². The van der Waals surface area contributed by atoms with E-state index in [0.717, 1.165) is 59.7 Å². The maximum Gasteiger partial charge on any atom is 0.142 e. The number of fused-ring (bicyclic) bond motifs is 1. The van der Waals surface area contributed by atoms with Gasteiger partial charge < -0.3 is 20.1 Å². The molecular formula is C21H24ClN3O2. The topological polar surface area (TPSA) is 55.4 Å². The van der Waals surface area contributed by atoms with Crippen LogP contribution in [-0.4, -0.2) is 31.3 Å². The fraction of sp³-hybridized carbons (Fsp3) is 0.286. The van der Waals surface area contributed by atoms with Gasteiger partial charge in [0, 0.05) is 11.6 Å². The molecule has 5 nitrogen and oxygen atoms in total. The molecule has 6 heteroatoms. The Kier molecular flexibility index (Phi) is 6.37. The summed E-state index contributed by atoms with van der Waals surface area (Å²) in [6.45, 7) is 2.05. The predicted molar refractivity (Wildman–Crippen MR) is 112 cm³/mol. The molecule has 0 spiro atoms. The molecule has 0 saturated carbocycles. The van der Waals surface area contributed by atoms with Crippen LogP contribution in [0, 0.1) is 0 Å². The fourth-order valence-corrected chi connectivity index (χ4v) is 3.25. The number of hydrogen-bond acceptors (Lipinski definition) is 5. The van der Waals surface area contributed by atoms with Crippen molar-refractivity contribution >= 4 is 34.7 Å². The molecule has 2 aromatic carbocycles. The predicted octanol–water partition coefficient (Wildman–Crippen LogP) is 4.54. The minimum absolute atomic E-state index is 0. The average molecular weight is 386 g/mol. The highest BCUT2D eigenvalue weighted by atomic mass is 35.5. The summed E-state index contributed by atoms with van der Waals surface area (Å²) in [5, 5.41) is 8.89. The van der Waals surface area contributed by atoms with E-state index in [1.807, 2.05) is 42.6 Å². The second-order valence-electron chi connectivity index (χ2n) is 6.47. The lowest BCUT2D eigenvalue weighted by Gasteiger charge is -2.24. The second kappa shape index (κ2) is 8.93. The number of aromatic nitrogens is 1. The Balaban J connectivity index is 0.00000210. The number of halogens is 1. The standard InChI is InChI=1S/C21H23N3O2.ClH/c1-25-20-5-3-2-4-19(20)24-21-13-16-12-18(7-6-15(16)14-23-21)26-17-8-10-22-11-9-17;/h2-7,12-14,17,22H,8-11H2,1H3,(H,23,24);1H. The van der Waals surface area contributed by atoms with Crippen molar-refractivity contribution in [2.24, 2.45) is 0 Å². The van der Waals surface area contributed by atoms with Gasteiger partial charge >= 0.3 is 0 Å². The van der Waals surface area contributed by atoms with E-state index in [1.165, 1.54) is 0 Å². The third-order valence-electron chi connectivity index (χ3n) is 4.65. The third kappa shape index (κ3) is 4.62. The van der Waals surface area contributed by atoms with Crippen LogP contribution in [-0.2, 0) is 0 Å². The first-order chi connectivity index (χ1) is 12.8. The Hall–Kier alpha value is -2.50. The van der Waals surface area contributed by atoms with Gasteiger partial charge in [0.1, 0.15) is 23.4 Å². The van der Waals surface area contributed by atoms with Crippen LogP contribution >= 0.6 is 12.4 Å². The van der Waals surface area contributed by atoms with E-state index in [4.69, 9.17) is 9.47 Å². The molecule has 3 aromatic rings. The average Bonchev–Trinajstić information content (AvgIpc) is 2.69. The van der Waals surface area contributed by atoms with Crippen LogP contribution in [0.3, 0.4) is 0 Å². The summed E-state index contributed by atoms with van der Waals surface area (Å²) in [4.78, 5) is 4.51. The second-order valence-corrected chi connectivity index (χ2v) is 6.47. The minimum atomic E-state index is 0. The summed E-state index contributed by atoms with van der Waals surface area (Å²) in [7, 11) is 1.67. The molecule has 0 radical (unpaired) electrons. The van der Waals surface area contributed by atoms with Gasteiger partial charge in [0.15, 0.2) is 0 Å². The maximum absolute atomic E-state index is 6.16. The van der Waals surface area contributed by atoms with Gasteiger partial charge in [-0.1, -0.05) is 12.1 Å².